The normalized spacial score (nSPS) is 18.8. The fourth-order valence-electron chi connectivity index (χ4n) is 2.35. The van der Waals surface area contributed by atoms with E-state index in [1.807, 2.05) is 0 Å². The third-order valence-corrected chi connectivity index (χ3v) is 3.80. The minimum atomic E-state index is -0.944. The van der Waals surface area contributed by atoms with Crippen LogP contribution in [0.1, 0.15) is 24.8 Å². The molecule has 0 spiro atoms. The van der Waals surface area contributed by atoms with Crippen molar-refractivity contribution in [1.82, 2.24) is 0 Å². The van der Waals surface area contributed by atoms with Gasteiger partial charge < -0.3 is 14.6 Å². The predicted molar refractivity (Wildman–Crippen MR) is 60.7 cm³/mol. The van der Waals surface area contributed by atoms with E-state index in [0.717, 1.165) is 0 Å². The maximum Gasteiger partial charge on any atom is 0.304 e. The van der Waals surface area contributed by atoms with Crippen LogP contribution in [0.3, 0.4) is 0 Å². The third-order valence-electron chi connectivity index (χ3n) is 3.46. The molecular formula is C12H10ClFO4. The molecule has 2 aliphatic rings. The molecule has 1 fully saturated rings. The molecule has 1 N–H and O–H groups in total. The lowest BCUT2D eigenvalue weighted by Gasteiger charge is -2.15. The number of benzene rings is 1. The van der Waals surface area contributed by atoms with Crippen molar-refractivity contribution < 1.29 is 23.8 Å². The molecule has 0 bridgehead atoms. The van der Waals surface area contributed by atoms with Crippen LogP contribution < -0.4 is 9.47 Å². The molecule has 1 saturated carbocycles. The largest absolute Gasteiger partial charge is 0.481 e. The molecule has 1 heterocycles. The summed E-state index contributed by atoms with van der Waals surface area (Å²) in [5, 5.41) is 8.76. The zero-order valence-electron chi connectivity index (χ0n) is 9.33. The summed E-state index contributed by atoms with van der Waals surface area (Å²) in [6, 6.07) is 1.51. The first-order valence-corrected chi connectivity index (χ1v) is 5.91. The van der Waals surface area contributed by atoms with Crippen molar-refractivity contribution in [3.63, 3.8) is 0 Å². The van der Waals surface area contributed by atoms with Crippen LogP contribution in [0.2, 0.25) is 5.02 Å². The summed E-state index contributed by atoms with van der Waals surface area (Å²) in [6.07, 6.45) is 1.19. The fourth-order valence-corrected chi connectivity index (χ4v) is 2.60. The molecule has 0 saturated heterocycles. The predicted octanol–water partition coefficient (Wildman–Crippen LogP) is 2.71. The number of carboxylic acid groups (broad SMARTS) is 1. The van der Waals surface area contributed by atoms with Gasteiger partial charge in [0.1, 0.15) is 10.8 Å². The number of halogens is 2. The Bertz CT molecular complexity index is 539. The first-order chi connectivity index (χ1) is 8.53. The van der Waals surface area contributed by atoms with Gasteiger partial charge in [-0.1, -0.05) is 11.6 Å². The van der Waals surface area contributed by atoms with Gasteiger partial charge in [0.15, 0.2) is 11.5 Å². The van der Waals surface area contributed by atoms with Crippen molar-refractivity contribution in [3.8, 4) is 11.5 Å². The highest BCUT2D eigenvalue weighted by molar-refractivity contribution is 6.32. The monoisotopic (exact) mass is 272 g/mol. The lowest BCUT2D eigenvalue weighted by atomic mass is 9.91. The Morgan fingerprint density at radius 2 is 2.22 bits per heavy atom. The first-order valence-electron chi connectivity index (χ1n) is 5.53. The Morgan fingerprint density at radius 1 is 1.50 bits per heavy atom. The summed E-state index contributed by atoms with van der Waals surface area (Å²) < 4.78 is 24.4. The molecule has 0 amide bonds. The molecule has 0 atom stereocenters. The quantitative estimate of drug-likeness (QED) is 0.919. The van der Waals surface area contributed by atoms with Gasteiger partial charge in [0.2, 0.25) is 6.79 Å². The molecule has 4 nitrogen and oxygen atoms in total. The zero-order chi connectivity index (χ0) is 12.9. The Morgan fingerprint density at radius 3 is 2.83 bits per heavy atom. The lowest BCUT2D eigenvalue weighted by Crippen LogP contribution is -2.15. The maximum absolute atomic E-state index is 14.2. The summed E-state index contributed by atoms with van der Waals surface area (Å²) in [5.74, 6) is -0.961. The van der Waals surface area contributed by atoms with E-state index in [4.69, 9.17) is 26.2 Å². The van der Waals surface area contributed by atoms with Crippen LogP contribution in [0, 0.1) is 5.82 Å². The van der Waals surface area contributed by atoms with Gasteiger partial charge in [-0.05, 0) is 18.9 Å². The summed E-state index contributed by atoms with van der Waals surface area (Å²) in [5.41, 5.74) is -0.320. The van der Waals surface area contributed by atoms with E-state index in [0.29, 0.717) is 24.2 Å². The van der Waals surface area contributed by atoms with E-state index >= 15 is 0 Å². The highest BCUT2D eigenvalue weighted by atomic mass is 35.5. The topological polar surface area (TPSA) is 55.8 Å². The number of hydrogen-bond donors (Lipinski definition) is 1. The van der Waals surface area contributed by atoms with E-state index in [-0.39, 0.29) is 24.0 Å². The van der Waals surface area contributed by atoms with E-state index in [9.17, 15) is 9.18 Å². The molecule has 3 rings (SSSR count). The Kier molecular flexibility index (Phi) is 2.41. The summed E-state index contributed by atoms with van der Waals surface area (Å²) >= 11 is 5.89. The van der Waals surface area contributed by atoms with Crippen molar-refractivity contribution in [3.05, 3.63) is 22.5 Å². The van der Waals surface area contributed by atoms with Crippen LogP contribution in [0.25, 0.3) is 0 Å². The van der Waals surface area contributed by atoms with Gasteiger partial charge in [-0.2, -0.15) is 0 Å². The fraction of sp³-hybridized carbons (Fsp3) is 0.417. The number of carbonyl (C=O) groups is 1. The second-order valence-electron chi connectivity index (χ2n) is 4.64. The molecule has 96 valence electrons. The molecule has 1 aromatic rings. The third kappa shape index (κ3) is 1.61. The second kappa shape index (κ2) is 3.75. The smallest absolute Gasteiger partial charge is 0.304 e. The summed E-state index contributed by atoms with van der Waals surface area (Å²) in [6.45, 7) is 0.00385. The Balaban J connectivity index is 2.08. The highest BCUT2D eigenvalue weighted by Gasteiger charge is 2.49. The van der Waals surface area contributed by atoms with Crippen LogP contribution in [0.4, 0.5) is 4.39 Å². The molecule has 0 radical (unpaired) electrons. The van der Waals surface area contributed by atoms with Gasteiger partial charge in [-0.3, -0.25) is 4.79 Å². The molecule has 1 aliphatic heterocycles. The lowest BCUT2D eigenvalue weighted by molar-refractivity contribution is -0.137. The van der Waals surface area contributed by atoms with E-state index in [1.54, 1.807) is 0 Å². The minimum absolute atomic E-state index is 0.00385. The minimum Gasteiger partial charge on any atom is -0.481 e. The highest BCUT2D eigenvalue weighted by Crippen LogP contribution is 2.55. The van der Waals surface area contributed by atoms with Crippen molar-refractivity contribution in [2.24, 2.45) is 0 Å². The Labute approximate surface area is 107 Å². The summed E-state index contributed by atoms with van der Waals surface area (Å²) in [7, 11) is 0. The summed E-state index contributed by atoms with van der Waals surface area (Å²) in [4.78, 5) is 10.8. The van der Waals surface area contributed by atoms with Crippen LogP contribution in [0.5, 0.6) is 11.5 Å². The zero-order valence-corrected chi connectivity index (χ0v) is 10.1. The number of fused-ring (bicyclic) bond motifs is 1. The molecule has 1 aromatic carbocycles. The van der Waals surface area contributed by atoms with Crippen LogP contribution in [-0.4, -0.2) is 17.9 Å². The first kappa shape index (κ1) is 11.6. The number of carboxylic acids is 1. The number of hydrogen-bond acceptors (Lipinski definition) is 3. The second-order valence-corrected chi connectivity index (χ2v) is 5.01. The SMILES string of the molecule is O=C(O)CC1(c2cc3c(c(Cl)c2F)OCO3)CC1. The molecule has 0 unspecified atom stereocenters. The molecular weight excluding hydrogens is 263 g/mol. The van der Waals surface area contributed by atoms with Gasteiger partial charge in [-0.25, -0.2) is 4.39 Å². The van der Waals surface area contributed by atoms with E-state index in [1.165, 1.54) is 6.07 Å². The number of rotatable bonds is 3. The van der Waals surface area contributed by atoms with E-state index < -0.39 is 17.2 Å². The van der Waals surface area contributed by atoms with Gasteiger partial charge >= 0.3 is 5.97 Å². The Hall–Kier alpha value is -1.49. The number of ether oxygens (including phenoxy) is 2. The van der Waals surface area contributed by atoms with Gasteiger partial charge in [0, 0.05) is 11.0 Å². The van der Waals surface area contributed by atoms with Crippen molar-refractivity contribution >= 4 is 17.6 Å². The van der Waals surface area contributed by atoms with Crippen LogP contribution >= 0.6 is 11.6 Å². The van der Waals surface area contributed by atoms with Crippen LogP contribution in [0.15, 0.2) is 6.07 Å². The van der Waals surface area contributed by atoms with E-state index in [2.05, 4.69) is 0 Å². The standard InChI is InChI=1S/C12H10ClFO4/c13-9-10(14)6(3-7-11(9)18-5-17-7)12(1-2-12)4-8(15)16/h3H,1-2,4-5H2,(H,15,16). The van der Waals surface area contributed by atoms with Gasteiger partial charge in [0.05, 0.1) is 6.42 Å². The van der Waals surface area contributed by atoms with Gasteiger partial charge in [-0.15, -0.1) is 0 Å². The van der Waals surface area contributed by atoms with Gasteiger partial charge in [0.25, 0.3) is 0 Å². The van der Waals surface area contributed by atoms with Crippen molar-refractivity contribution in [2.45, 2.75) is 24.7 Å². The molecule has 0 aromatic heterocycles. The molecule has 18 heavy (non-hydrogen) atoms. The van der Waals surface area contributed by atoms with Crippen molar-refractivity contribution in [1.29, 1.82) is 0 Å². The van der Waals surface area contributed by atoms with Crippen molar-refractivity contribution in [2.75, 3.05) is 6.79 Å². The maximum atomic E-state index is 14.2. The molecule has 6 heteroatoms. The average Bonchev–Trinajstić information content (AvgIpc) is 2.91. The molecule has 1 aliphatic carbocycles. The number of aliphatic carboxylic acids is 1. The van der Waals surface area contributed by atoms with Crippen LogP contribution in [-0.2, 0) is 10.2 Å². The average molecular weight is 273 g/mol.